The Labute approximate surface area is 125 Å². The van der Waals surface area contributed by atoms with Crippen LogP contribution in [0.4, 0.5) is 5.69 Å². The van der Waals surface area contributed by atoms with Crippen molar-refractivity contribution in [1.29, 1.82) is 0 Å². The maximum Gasteiger partial charge on any atom is 0.278 e. The van der Waals surface area contributed by atoms with E-state index in [1.165, 1.54) is 25.9 Å². The summed E-state index contributed by atoms with van der Waals surface area (Å²) in [5.74, 6) is 0.528. The highest BCUT2D eigenvalue weighted by Gasteiger charge is 2.15. The molecule has 0 unspecified atom stereocenters. The van der Waals surface area contributed by atoms with Crippen LogP contribution in [0, 0.1) is 0 Å². The Balaban J connectivity index is 2.72. The molecule has 1 aromatic carbocycles. The zero-order valence-corrected chi connectivity index (χ0v) is 13.5. The predicted octanol–water partition coefficient (Wildman–Crippen LogP) is 0.444. The fourth-order valence-electron chi connectivity index (χ4n) is 1.65. The summed E-state index contributed by atoms with van der Waals surface area (Å²) in [6.07, 6.45) is 0. The minimum absolute atomic E-state index is 0.131. The van der Waals surface area contributed by atoms with E-state index in [1.54, 1.807) is 31.4 Å². The summed E-state index contributed by atoms with van der Waals surface area (Å²) in [5.41, 5.74) is 0.687. The van der Waals surface area contributed by atoms with Crippen LogP contribution in [0.2, 0.25) is 0 Å². The quantitative estimate of drug-likeness (QED) is 0.792. The molecule has 0 fully saturated rings. The molecule has 118 valence electrons. The van der Waals surface area contributed by atoms with Crippen LogP contribution in [0.3, 0.4) is 0 Å². The molecule has 1 rings (SSSR count). The molecule has 0 aliphatic heterocycles. The van der Waals surface area contributed by atoms with E-state index in [-0.39, 0.29) is 19.0 Å². The van der Waals surface area contributed by atoms with Crippen LogP contribution in [-0.4, -0.2) is 52.9 Å². The molecule has 0 aromatic heterocycles. The van der Waals surface area contributed by atoms with Crippen molar-refractivity contribution in [2.75, 3.05) is 39.2 Å². The monoisotopic (exact) mass is 315 g/mol. The summed E-state index contributed by atoms with van der Waals surface area (Å²) in [4.78, 5) is 13.2. The van der Waals surface area contributed by atoms with Crippen LogP contribution >= 0.6 is 0 Å². The van der Waals surface area contributed by atoms with Gasteiger partial charge in [-0.05, 0) is 24.3 Å². The molecule has 0 saturated carbocycles. The second-order valence-corrected chi connectivity index (χ2v) is 6.52. The average Bonchev–Trinajstić information content (AvgIpc) is 2.43. The van der Waals surface area contributed by atoms with Gasteiger partial charge in [-0.15, -0.1) is 0 Å². The molecule has 1 aromatic rings. The van der Waals surface area contributed by atoms with Gasteiger partial charge in [-0.1, -0.05) is 0 Å². The molecule has 8 heteroatoms. The van der Waals surface area contributed by atoms with Crippen LogP contribution in [0.25, 0.3) is 0 Å². The number of hydrogen-bond acceptors (Lipinski definition) is 4. The van der Waals surface area contributed by atoms with Crippen LogP contribution in [0.15, 0.2) is 24.3 Å². The zero-order chi connectivity index (χ0) is 16.0. The number of amides is 1. The Kier molecular flexibility index (Phi) is 6.13. The molecule has 0 bridgehead atoms. The smallest absolute Gasteiger partial charge is 0.278 e. The van der Waals surface area contributed by atoms with Gasteiger partial charge in [0.1, 0.15) is 5.75 Å². The second kappa shape index (κ2) is 7.39. The van der Waals surface area contributed by atoms with Crippen molar-refractivity contribution >= 4 is 21.8 Å². The lowest BCUT2D eigenvalue weighted by Crippen LogP contribution is -2.41. The van der Waals surface area contributed by atoms with Crippen molar-refractivity contribution in [3.05, 3.63) is 24.3 Å². The number of nitrogens with zero attached hydrogens (tertiary/aromatic N) is 2. The summed E-state index contributed by atoms with van der Waals surface area (Å²) >= 11 is 0. The molecular formula is C13H21N3O4S. The van der Waals surface area contributed by atoms with Gasteiger partial charge in [0.2, 0.25) is 5.91 Å². The Bertz CT molecular complexity index is 570. The van der Waals surface area contributed by atoms with E-state index in [9.17, 15) is 13.2 Å². The van der Waals surface area contributed by atoms with Crippen LogP contribution in [-0.2, 0) is 15.0 Å². The first-order valence-corrected chi connectivity index (χ1v) is 7.81. The number of benzene rings is 1. The highest BCUT2D eigenvalue weighted by molar-refractivity contribution is 7.87. The highest BCUT2D eigenvalue weighted by atomic mass is 32.2. The summed E-state index contributed by atoms with van der Waals surface area (Å²) in [5, 5.41) is 0. The number of rotatable bonds is 7. The summed E-state index contributed by atoms with van der Waals surface area (Å²) < 4.78 is 31.8. The van der Waals surface area contributed by atoms with Gasteiger partial charge in [0.25, 0.3) is 10.2 Å². The Morgan fingerprint density at radius 1 is 1.24 bits per heavy atom. The molecule has 21 heavy (non-hydrogen) atoms. The van der Waals surface area contributed by atoms with E-state index in [2.05, 4.69) is 4.72 Å². The number of carbonyl (C=O) groups excluding carboxylic acids is 1. The van der Waals surface area contributed by atoms with E-state index in [0.717, 1.165) is 4.31 Å². The molecule has 0 aliphatic rings. The molecular weight excluding hydrogens is 294 g/mol. The van der Waals surface area contributed by atoms with Gasteiger partial charge in [-0.3, -0.25) is 4.79 Å². The molecule has 0 atom stereocenters. The third-order valence-electron chi connectivity index (χ3n) is 2.86. The Morgan fingerprint density at radius 3 is 2.24 bits per heavy atom. The number of hydrogen-bond donors (Lipinski definition) is 1. The lowest BCUT2D eigenvalue weighted by atomic mass is 10.2. The van der Waals surface area contributed by atoms with E-state index >= 15 is 0 Å². The third kappa shape index (κ3) is 5.00. The Hall–Kier alpha value is -1.64. The molecule has 0 aliphatic carbocycles. The van der Waals surface area contributed by atoms with Crippen molar-refractivity contribution in [2.45, 2.75) is 6.92 Å². The minimum Gasteiger partial charge on any atom is -0.497 e. The van der Waals surface area contributed by atoms with Gasteiger partial charge in [0.05, 0.1) is 7.11 Å². The van der Waals surface area contributed by atoms with Gasteiger partial charge in [-0.25, -0.2) is 4.72 Å². The first kappa shape index (κ1) is 17.4. The maximum absolute atomic E-state index is 11.7. The van der Waals surface area contributed by atoms with Gasteiger partial charge in [0.15, 0.2) is 0 Å². The van der Waals surface area contributed by atoms with Crippen molar-refractivity contribution < 1.29 is 17.9 Å². The summed E-state index contributed by atoms with van der Waals surface area (Å²) in [7, 11) is 0.954. The Morgan fingerprint density at radius 2 is 1.81 bits per heavy atom. The summed E-state index contributed by atoms with van der Waals surface area (Å²) in [6, 6.07) is 6.99. The topological polar surface area (TPSA) is 79.0 Å². The number of ether oxygens (including phenoxy) is 1. The second-order valence-electron chi connectivity index (χ2n) is 4.55. The molecule has 7 nitrogen and oxygen atoms in total. The van der Waals surface area contributed by atoms with Crippen molar-refractivity contribution in [1.82, 2.24) is 9.03 Å². The van der Waals surface area contributed by atoms with E-state index in [1.807, 2.05) is 0 Å². The lowest BCUT2D eigenvalue weighted by Gasteiger charge is -2.22. The highest BCUT2D eigenvalue weighted by Crippen LogP contribution is 2.19. The SMILES string of the molecule is COc1ccc(N(CCNS(=O)(=O)N(C)C)C(C)=O)cc1. The first-order valence-electron chi connectivity index (χ1n) is 6.37. The maximum atomic E-state index is 11.7. The van der Waals surface area contributed by atoms with Crippen molar-refractivity contribution in [2.24, 2.45) is 0 Å². The molecule has 0 saturated heterocycles. The number of carbonyl (C=O) groups is 1. The fraction of sp³-hybridized carbons (Fsp3) is 0.462. The first-order chi connectivity index (χ1) is 9.77. The standard InChI is InChI=1S/C13H21N3O4S/c1-11(17)16(10-9-14-21(18,19)15(2)3)12-5-7-13(20-4)8-6-12/h5-8,14H,9-10H2,1-4H3. The summed E-state index contributed by atoms with van der Waals surface area (Å²) in [6.45, 7) is 1.81. The fourth-order valence-corrected chi connectivity index (χ4v) is 2.25. The van der Waals surface area contributed by atoms with Crippen molar-refractivity contribution in [3.63, 3.8) is 0 Å². The molecule has 0 heterocycles. The zero-order valence-electron chi connectivity index (χ0n) is 12.7. The van der Waals surface area contributed by atoms with Gasteiger partial charge in [-0.2, -0.15) is 12.7 Å². The van der Waals surface area contributed by atoms with Crippen LogP contribution in [0.1, 0.15) is 6.92 Å². The molecule has 1 N–H and O–H groups in total. The van der Waals surface area contributed by atoms with Gasteiger partial charge >= 0.3 is 0 Å². The van der Waals surface area contributed by atoms with Gasteiger partial charge in [0, 0.05) is 39.8 Å². The molecule has 0 spiro atoms. The van der Waals surface area contributed by atoms with Gasteiger partial charge < -0.3 is 9.64 Å². The van der Waals surface area contributed by atoms with E-state index < -0.39 is 10.2 Å². The average molecular weight is 315 g/mol. The molecule has 1 amide bonds. The minimum atomic E-state index is -3.49. The predicted molar refractivity (Wildman–Crippen MR) is 81.6 cm³/mol. The lowest BCUT2D eigenvalue weighted by molar-refractivity contribution is -0.116. The molecule has 0 radical (unpaired) electrons. The van der Waals surface area contributed by atoms with Crippen LogP contribution in [0.5, 0.6) is 5.75 Å². The number of methoxy groups -OCH3 is 1. The van der Waals surface area contributed by atoms with Crippen LogP contribution < -0.4 is 14.4 Å². The third-order valence-corrected chi connectivity index (χ3v) is 4.40. The van der Waals surface area contributed by atoms with E-state index in [0.29, 0.717) is 11.4 Å². The number of anilines is 1. The largest absolute Gasteiger partial charge is 0.497 e. The normalized spacial score (nSPS) is 11.5. The van der Waals surface area contributed by atoms with E-state index in [4.69, 9.17) is 4.74 Å². The number of nitrogens with one attached hydrogen (secondary N) is 1. The van der Waals surface area contributed by atoms with Crippen molar-refractivity contribution in [3.8, 4) is 5.75 Å².